The summed E-state index contributed by atoms with van der Waals surface area (Å²) in [7, 11) is 0. The van der Waals surface area contributed by atoms with Crippen LogP contribution >= 0.6 is 0 Å². The summed E-state index contributed by atoms with van der Waals surface area (Å²) in [6, 6.07) is 8.27. The van der Waals surface area contributed by atoms with Crippen molar-refractivity contribution in [2.45, 2.75) is 32.4 Å². The largest absolute Gasteiger partial charge is 0.633 e. The molecular formula is C12H18N2O3. The summed E-state index contributed by atoms with van der Waals surface area (Å²) >= 11 is 0. The number of benzene rings is 1. The first-order chi connectivity index (χ1) is 7.82. The first-order valence-electron chi connectivity index (χ1n) is 5.53. The number of nitro groups is 1. The summed E-state index contributed by atoms with van der Waals surface area (Å²) in [4.78, 5) is 10.2. The highest BCUT2D eigenvalue weighted by Gasteiger charge is 2.31. The Morgan fingerprint density at radius 2 is 1.82 bits per heavy atom. The molecule has 5 nitrogen and oxygen atoms in total. The van der Waals surface area contributed by atoms with Crippen molar-refractivity contribution >= 4 is 0 Å². The van der Waals surface area contributed by atoms with Crippen LogP contribution in [-0.2, 0) is 0 Å². The van der Waals surface area contributed by atoms with E-state index in [1.807, 2.05) is 6.07 Å². The molecule has 1 rings (SSSR count). The highest BCUT2D eigenvalue weighted by Crippen LogP contribution is 2.12. The monoisotopic (exact) mass is 238 g/mol. The van der Waals surface area contributed by atoms with Crippen LogP contribution in [0.4, 0.5) is 0 Å². The molecule has 0 saturated carbocycles. The van der Waals surface area contributed by atoms with Crippen LogP contribution in [0.15, 0.2) is 30.3 Å². The second-order valence-electron chi connectivity index (χ2n) is 5.09. The van der Waals surface area contributed by atoms with Crippen LogP contribution in [0.3, 0.4) is 0 Å². The van der Waals surface area contributed by atoms with Crippen molar-refractivity contribution in [1.82, 2.24) is 0 Å². The molecule has 5 heteroatoms. The van der Waals surface area contributed by atoms with Gasteiger partial charge in [-0.25, -0.2) is 0 Å². The fraction of sp³-hybridized carbons (Fsp3) is 0.500. The second-order valence-corrected chi connectivity index (χ2v) is 5.09. The molecule has 0 aromatic heterocycles. The van der Waals surface area contributed by atoms with Gasteiger partial charge in [-0.05, 0) is 20.8 Å². The molecule has 2 atom stereocenters. The number of quaternary nitrogens is 1. The predicted molar refractivity (Wildman–Crippen MR) is 65.1 cm³/mol. The van der Waals surface area contributed by atoms with Gasteiger partial charge in [-0.2, -0.15) is 0 Å². The zero-order chi connectivity index (χ0) is 13.1. The summed E-state index contributed by atoms with van der Waals surface area (Å²) in [6.45, 7) is 5.00. The van der Waals surface area contributed by atoms with Crippen molar-refractivity contribution in [2.24, 2.45) is 0 Å². The Bertz CT molecular complexity index is 373. The first kappa shape index (κ1) is 13.6. The summed E-state index contributed by atoms with van der Waals surface area (Å²) in [5.74, 6) is 0. The van der Waals surface area contributed by atoms with Crippen LogP contribution in [0.5, 0.6) is 0 Å². The Kier molecular flexibility index (Phi) is 4.20. The van der Waals surface area contributed by atoms with Crippen molar-refractivity contribution in [3.8, 4) is 0 Å². The number of hydrogen-bond acceptors (Lipinski definition) is 3. The van der Waals surface area contributed by atoms with Crippen molar-refractivity contribution in [3.05, 3.63) is 51.2 Å². The van der Waals surface area contributed by atoms with E-state index in [0.717, 1.165) is 0 Å². The topological polar surface area (TPSA) is 70.6 Å². The van der Waals surface area contributed by atoms with Gasteiger partial charge >= 0.3 is 0 Å². The predicted octanol–water partition coefficient (Wildman–Crippen LogP) is 1.19. The zero-order valence-corrected chi connectivity index (χ0v) is 10.3. The molecule has 1 aromatic carbocycles. The number of nitrogens with zero attached hydrogens (tertiary/aromatic N) is 1. The van der Waals surface area contributed by atoms with Crippen molar-refractivity contribution in [2.75, 3.05) is 6.54 Å². The van der Waals surface area contributed by atoms with Crippen LogP contribution in [0.1, 0.15) is 32.4 Å². The lowest BCUT2D eigenvalue weighted by Gasteiger charge is -2.40. The number of nitrogens with one attached hydrogen (secondary N) is 1. The molecule has 17 heavy (non-hydrogen) atoms. The minimum absolute atomic E-state index is 0.0969. The quantitative estimate of drug-likeness (QED) is 0.632. The molecule has 0 heterocycles. The van der Waals surface area contributed by atoms with Gasteiger partial charge in [-0.1, -0.05) is 30.3 Å². The number of hydrogen-bond donors (Lipinski definition) is 1. The molecule has 0 amide bonds. The Labute approximate surface area is 101 Å². The third kappa shape index (κ3) is 3.80. The molecule has 2 unspecified atom stereocenters. The lowest BCUT2D eigenvalue weighted by atomic mass is 10.0. The van der Waals surface area contributed by atoms with E-state index in [4.69, 9.17) is 0 Å². The zero-order valence-electron chi connectivity index (χ0n) is 10.3. The minimum Gasteiger partial charge on any atom is -0.633 e. The third-order valence-electron chi connectivity index (χ3n) is 2.59. The Morgan fingerprint density at radius 1 is 1.29 bits per heavy atom. The van der Waals surface area contributed by atoms with E-state index >= 15 is 0 Å². The normalized spacial score (nSPS) is 15.3. The van der Waals surface area contributed by atoms with Crippen molar-refractivity contribution in [3.63, 3.8) is 0 Å². The molecule has 94 valence electrons. The molecule has 0 bridgehead atoms. The Hall–Kier alpha value is -1.46. The Balaban J connectivity index is 3.00. The van der Waals surface area contributed by atoms with Crippen molar-refractivity contribution in [1.29, 1.82) is 0 Å². The van der Waals surface area contributed by atoms with Gasteiger partial charge in [0, 0.05) is 10.5 Å². The lowest BCUT2D eigenvalue weighted by Crippen LogP contribution is -3.15. The molecule has 0 aliphatic heterocycles. The van der Waals surface area contributed by atoms with E-state index < -0.39 is 16.5 Å². The van der Waals surface area contributed by atoms with E-state index in [9.17, 15) is 15.3 Å². The van der Waals surface area contributed by atoms with Gasteiger partial charge in [-0.15, -0.1) is 0 Å². The Morgan fingerprint density at radius 3 is 2.24 bits per heavy atom. The van der Waals surface area contributed by atoms with Gasteiger partial charge in [0.2, 0.25) is 0 Å². The maximum atomic E-state index is 12.2. The molecule has 1 N–H and O–H groups in total. The fourth-order valence-corrected chi connectivity index (χ4v) is 1.70. The second kappa shape index (κ2) is 5.25. The van der Waals surface area contributed by atoms with Gasteiger partial charge in [0.1, 0.15) is 0 Å². The van der Waals surface area contributed by atoms with Crippen LogP contribution in [-0.4, -0.2) is 17.0 Å². The average molecular weight is 238 g/mol. The van der Waals surface area contributed by atoms with E-state index in [1.165, 1.54) is 0 Å². The van der Waals surface area contributed by atoms with Crippen LogP contribution in [0.25, 0.3) is 0 Å². The summed E-state index contributed by atoms with van der Waals surface area (Å²) < 4.78 is 0. The summed E-state index contributed by atoms with van der Waals surface area (Å²) in [5, 5.41) is 22.8. The standard InChI is InChI=1S/C12H18N2O3/c1-12(2,3)14(17)11(9-13(15)16)10-7-5-4-6-8-10/h4-8,11,14H,9H2,1-3H3. The van der Waals surface area contributed by atoms with Crippen LogP contribution in [0, 0.1) is 15.3 Å². The minimum atomic E-state index is -0.661. The van der Waals surface area contributed by atoms with Gasteiger partial charge in [0.15, 0.2) is 6.04 Å². The van der Waals surface area contributed by atoms with Crippen LogP contribution in [0.2, 0.25) is 0 Å². The molecule has 1 aromatic rings. The molecule has 0 radical (unpaired) electrons. The fourth-order valence-electron chi connectivity index (χ4n) is 1.70. The number of rotatable bonds is 4. The van der Waals surface area contributed by atoms with E-state index in [1.54, 1.807) is 45.0 Å². The van der Waals surface area contributed by atoms with Gasteiger partial charge in [0.05, 0.1) is 5.54 Å². The van der Waals surface area contributed by atoms with E-state index in [-0.39, 0.29) is 11.6 Å². The summed E-state index contributed by atoms with van der Waals surface area (Å²) in [6.07, 6.45) is 0. The van der Waals surface area contributed by atoms with E-state index in [2.05, 4.69) is 0 Å². The highest BCUT2D eigenvalue weighted by molar-refractivity contribution is 5.17. The van der Waals surface area contributed by atoms with Gasteiger partial charge in [-0.3, -0.25) is 10.1 Å². The average Bonchev–Trinajstić information content (AvgIpc) is 2.24. The van der Waals surface area contributed by atoms with E-state index in [0.29, 0.717) is 5.56 Å². The summed E-state index contributed by atoms with van der Waals surface area (Å²) in [5.41, 5.74) is 0.139. The lowest BCUT2D eigenvalue weighted by molar-refractivity contribution is -0.936. The maximum absolute atomic E-state index is 12.2. The molecule has 0 spiro atoms. The first-order valence-corrected chi connectivity index (χ1v) is 5.53. The van der Waals surface area contributed by atoms with Crippen LogP contribution < -0.4 is 5.06 Å². The van der Waals surface area contributed by atoms with Crippen molar-refractivity contribution < 1.29 is 9.99 Å². The molecule has 0 fully saturated rings. The SMILES string of the molecule is CC(C)(C)[NH+]([O-])C(C[N+](=O)[O-])c1ccccc1. The molecule has 0 saturated heterocycles. The maximum Gasteiger partial charge on any atom is 0.259 e. The highest BCUT2D eigenvalue weighted by atomic mass is 16.6. The molecular weight excluding hydrogens is 220 g/mol. The third-order valence-corrected chi connectivity index (χ3v) is 2.59. The smallest absolute Gasteiger partial charge is 0.259 e. The van der Waals surface area contributed by atoms with Gasteiger partial charge < -0.3 is 10.3 Å². The number of hydroxylamine groups is 2. The molecule has 0 aliphatic carbocycles. The van der Waals surface area contributed by atoms with Gasteiger partial charge in [0.25, 0.3) is 6.54 Å². The molecule has 0 aliphatic rings.